The average Bonchev–Trinajstić information content (AvgIpc) is 3.00. The van der Waals surface area contributed by atoms with E-state index in [0.717, 1.165) is 16.8 Å². The van der Waals surface area contributed by atoms with Gasteiger partial charge in [0.25, 0.3) is 5.91 Å². The number of nitrogens with one attached hydrogen (secondary N) is 1. The van der Waals surface area contributed by atoms with Crippen LogP contribution in [0.4, 0.5) is 0 Å². The largest absolute Gasteiger partial charge is 0.361 e. The second-order valence-electron chi connectivity index (χ2n) is 4.80. The van der Waals surface area contributed by atoms with Crippen molar-refractivity contribution in [2.45, 2.75) is 13.5 Å². The van der Waals surface area contributed by atoms with Crippen molar-refractivity contribution < 1.29 is 9.32 Å². The average molecular weight is 294 g/mol. The van der Waals surface area contributed by atoms with Crippen molar-refractivity contribution in [1.82, 2.24) is 20.4 Å². The van der Waals surface area contributed by atoms with E-state index in [-0.39, 0.29) is 11.6 Å². The summed E-state index contributed by atoms with van der Waals surface area (Å²) in [7, 11) is 0. The van der Waals surface area contributed by atoms with E-state index in [2.05, 4.69) is 20.4 Å². The maximum Gasteiger partial charge on any atom is 0.273 e. The van der Waals surface area contributed by atoms with E-state index in [1.54, 1.807) is 31.6 Å². The summed E-state index contributed by atoms with van der Waals surface area (Å²) in [6.45, 7) is 2.13. The van der Waals surface area contributed by atoms with E-state index >= 15 is 0 Å². The molecule has 6 nitrogen and oxygen atoms in total. The molecule has 3 rings (SSSR count). The van der Waals surface area contributed by atoms with Gasteiger partial charge in [0.05, 0.1) is 5.69 Å². The molecule has 1 amide bonds. The molecule has 0 aliphatic rings. The number of nitrogens with zero attached hydrogens (tertiary/aromatic N) is 3. The Hall–Kier alpha value is -3.02. The number of aromatic nitrogens is 3. The summed E-state index contributed by atoms with van der Waals surface area (Å²) in [5.74, 6) is 0.338. The molecule has 0 bridgehead atoms. The highest BCUT2D eigenvalue weighted by Gasteiger charge is 2.10. The number of rotatable bonds is 4. The Morgan fingerprint density at radius 1 is 1.27 bits per heavy atom. The zero-order valence-electron chi connectivity index (χ0n) is 12.0. The van der Waals surface area contributed by atoms with Gasteiger partial charge in [-0.3, -0.25) is 14.8 Å². The lowest BCUT2D eigenvalue weighted by Gasteiger charge is -2.05. The molecule has 0 aromatic carbocycles. The van der Waals surface area contributed by atoms with Gasteiger partial charge < -0.3 is 9.84 Å². The van der Waals surface area contributed by atoms with Gasteiger partial charge in [-0.1, -0.05) is 5.16 Å². The van der Waals surface area contributed by atoms with Gasteiger partial charge in [0.15, 0.2) is 5.69 Å². The number of pyridine rings is 2. The summed E-state index contributed by atoms with van der Waals surface area (Å²) in [5, 5.41) is 6.49. The van der Waals surface area contributed by atoms with Crippen LogP contribution >= 0.6 is 0 Å². The van der Waals surface area contributed by atoms with E-state index in [0.29, 0.717) is 12.3 Å². The van der Waals surface area contributed by atoms with E-state index in [1.807, 2.05) is 24.3 Å². The molecule has 22 heavy (non-hydrogen) atoms. The summed E-state index contributed by atoms with van der Waals surface area (Å²) >= 11 is 0. The first-order chi connectivity index (χ1) is 10.7. The molecule has 0 aliphatic carbocycles. The topological polar surface area (TPSA) is 80.9 Å². The molecule has 1 N–H and O–H groups in total. The van der Waals surface area contributed by atoms with Crippen LogP contribution < -0.4 is 5.32 Å². The van der Waals surface area contributed by atoms with E-state index in [1.165, 1.54) is 0 Å². The molecular weight excluding hydrogens is 280 g/mol. The highest BCUT2D eigenvalue weighted by molar-refractivity contribution is 5.92. The first kappa shape index (κ1) is 13.9. The molecular formula is C16H14N4O2. The molecule has 110 valence electrons. The minimum atomic E-state index is -0.267. The van der Waals surface area contributed by atoms with Crippen LogP contribution in [0.5, 0.6) is 0 Å². The highest BCUT2D eigenvalue weighted by atomic mass is 16.5. The highest BCUT2D eigenvalue weighted by Crippen LogP contribution is 2.16. The fourth-order valence-electron chi connectivity index (χ4n) is 2.00. The monoisotopic (exact) mass is 294 g/mol. The summed E-state index contributed by atoms with van der Waals surface area (Å²) in [5.41, 5.74) is 2.97. The van der Waals surface area contributed by atoms with Crippen LogP contribution in [0.1, 0.15) is 21.8 Å². The molecule has 3 heterocycles. The smallest absolute Gasteiger partial charge is 0.273 e. The van der Waals surface area contributed by atoms with Gasteiger partial charge >= 0.3 is 0 Å². The molecule has 0 radical (unpaired) electrons. The molecule has 0 unspecified atom stereocenters. The molecule has 0 atom stereocenters. The third kappa shape index (κ3) is 3.17. The molecule has 0 spiro atoms. The Bertz CT molecular complexity index is 784. The van der Waals surface area contributed by atoms with Crippen molar-refractivity contribution in [2.24, 2.45) is 0 Å². The van der Waals surface area contributed by atoms with Crippen molar-refractivity contribution >= 4 is 5.91 Å². The van der Waals surface area contributed by atoms with Crippen molar-refractivity contribution in [2.75, 3.05) is 0 Å². The fourth-order valence-corrected chi connectivity index (χ4v) is 2.00. The molecule has 0 fully saturated rings. The van der Waals surface area contributed by atoms with Gasteiger partial charge in [0, 0.05) is 36.8 Å². The summed E-state index contributed by atoms with van der Waals surface area (Å²) in [4.78, 5) is 20.3. The Balaban J connectivity index is 1.70. The first-order valence-corrected chi connectivity index (χ1v) is 6.79. The summed E-state index contributed by atoms with van der Waals surface area (Å²) in [6.07, 6.45) is 5.18. The third-order valence-corrected chi connectivity index (χ3v) is 3.10. The third-order valence-electron chi connectivity index (χ3n) is 3.10. The van der Waals surface area contributed by atoms with Gasteiger partial charge in [-0.25, -0.2) is 0 Å². The van der Waals surface area contributed by atoms with Gasteiger partial charge in [0.2, 0.25) is 0 Å². The number of hydrogen-bond acceptors (Lipinski definition) is 5. The Morgan fingerprint density at radius 2 is 2.18 bits per heavy atom. The number of carbonyl (C=O) groups excluding carboxylic acids is 1. The molecule has 3 aromatic rings. The number of aryl methyl sites for hydroxylation is 1. The SMILES string of the molecule is Cc1cc(C(=O)NCc2ccnc(-c3cccnc3)c2)no1. The molecule has 0 saturated heterocycles. The lowest BCUT2D eigenvalue weighted by Crippen LogP contribution is -2.23. The summed E-state index contributed by atoms with van der Waals surface area (Å²) in [6, 6.07) is 9.18. The van der Waals surface area contributed by atoms with Gasteiger partial charge in [0.1, 0.15) is 5.76 Å². The summed E-state index contributed by atoms with van der Waals surface area (Å²) < 4.78 is 4.89. The van der Waals surface area contributed by atoms with Crippen LogP contribution in [0.2, 0.25) is 0 Å². The first-order valence-electron chi connectivity index (χ1n) is 6.79. The fraction of sp³-hybridized carbons (Fsp3) is 0.125. The van der Waals surface area contributed by atoms with Crippen molar-refractivity contribution in [3.8, 4) is 11.3 Å². The predicted molar refractivity (Wildman–Crippen MR) is 79.9 cm³/mol. The van der Waals surface area contributed by atoms with Crippen molar-refractivity contribution in [3.63, 3.8) is 0 Å². The van der Waals surface area contributed by atoms with Crippen LogP contribution in [0.25, 0.3) is 11.3 Å². The lowest BCUT2D eigenvalue weighted by molar-refractivity contribution is 0.0942. The van der Waals surface area contributed by atoms with Gasteiger partial charge in [-0.05, 0) is 36.8 Å². The standard InChI is InChI=1S/C16H14N4O2/c1-11-7-15(20-22-11)16(21)19-9-12-4-6-18-14(8-12)13-3-2-5-17-10-13/h2-8,10H,9H2,1H3,(H,19,21). The molecule has 3 aromatic heterocycles. The van der Waals surface area contributed by atoms with E-state index < -0.39 is 0 Å². The minimum Gasteiger partial charge on any atom is -0.361 e. The van der Waals surface area contributed by atoms with Crippen LogP contribution in [0, 0.1) is 6.92 Å². The van der Waals surface area contributed by atoms with Crippen LogP contribution in [0.3, 0.4) is 0 Å². The minimum absolute atomic E-state index is 0.267. The van der Waals surface area contributed by atoms with Crippen molar-refractivity contribution in [1.29, 1.82) is 0 Å². The molecule has 0 saturated carbocycles. The van der Waals surface area contributed by atoms with Crippen LogP contribution in [0.15, 0.2) is 53.4 Å². The normalized spacial score (nSPS) is 10.4. The quantitative estimate of drug-likeness (QED) is 0.799. The van der Waals surface area contributed by atoms with Gasteiger partial charge in [-0.2, -0.15) is 0 Å². The van der Waals surface area contributed by atoms with E-state index in [9.17, 15) is 4.79 Å². The Kier molecular flexibility index (Phi) is 3.91. The second-order valence-corrected chi connectivity index (χ2v) is 4.80. The lowest BCUT2D eigenvalue weighted by atomic mass is 10.1. The number of amides is 1. The predicted octanol–water partition coefficient (Wildman–Crippen LogP) is 2.37. The Labute approximate surface area is 127 Å². The van der Waals surface area contributed by atoms with Crippen molar-refractivity contribution in [3.05, 3.63) is 65.9 Å². The maximum atomic E-state index is 11.9. The zero-order valence-corrected chi connectivity index (χ0v) is 12.0. The van der Waals surface area contributed by atoms with Crippen LogP contribution in [-0.2, 0) is 6.54 Å². The zero-order chi connectivity index (χ0) is 15.4. The number of carbonyl (C=O) groups is 1. The molecule has 6 heteroatoms. The maximum absolute atomic E-state index is 11.9. The number of hydrogen-bond donors (Lipinski definition) is 1. The van der Waals surface area contributed by atoms with E-state index in [4.69, 9.17) is 4.52 Å². The Morgan fingerprint density at radius 3 is 2.91 bits per heavy atom. The van der Waals surface area contributed by atoms with Gasteiger partial charge in [-0.15, -0.1) is 0 Å². The molecule has 0 aliphatic heterocycles. The second kappa shape index (κ2) is 6.17. The van der Waals surface area contributed by atoms with Crippen LogP contribution in [-0.4, -0.2) is 21.0 Å².